The largest absolute Gasteiger partial charge is 0.441 e. The SMILES string of the molecule is CCNC(=O)NC(=O)[C@H](OC(=O)c1nc2nc(C)cc(C)n2n1)c1ccccc1. The van der Waals surface area contributed by atoms with Crippen molar-refractivity contribution in [2.75, 3.05) is 6.54 Å². The molecule has 3 aromatic rings. The minimum atomic E-state index is -1.35. The Balaban J connectivity index is 1.87. The van der Waals surface area contributed by atoms with E-state index in [1.165, 1.54) is 4.52 Å². The molecule has 0 bridgehead atoms. The predicted octanol–water partition coefficient (Wildman–Crippen LogP) is 1.48. The van der Waals surface area contributed by atoms with Crippen LogP contribution in [0.3, 0.4) is 0 Å². The van der Waals surface area contributed by atoms with Gasteiger partial charge >= 0.3 is 12.0 Å². The first-order chi connectivity index (χ1) is 13.9. The van der Waals surface area contributed by atoms with E-state index in [1.807, 2.05) is 0 Å². The summed E-state index contributed by atoms with van der Waals surface area (Å²) in [5.74, 6) is -1.69. The van der Waals surface area contributed by atoms with E-state index in [0.29, 0.717) is 12.1 Å². The Bertz CT molecular complexity index is 1060. The number of urea groups is 1. The number of amides is 3. The molecule has 2 aromatic heterocycles. The quantitative estimate of drug-likeness (QED) is 0.625. The lowest BCUT2D eigenvalue weighted by Crippen LogP contribution is -2.42. The molecule has 2 N–H and O–H groups in total. The molecule has 0 saturated heterocycles. The van der Waals surface area contributed by atoms with Gasteiger partial charge in [0.25, 0.3) is 17.5 Å². The van der Waals surface area contributed by atoms with E-state index >= 15 is 0 Å². The third kappa shape index (κ3) is 4.54. The average molecular weight is 396 g/mol. The summed E-state index contributed by atoms with van der Waals surface area (Å²) < 4.78 is 6.78. The number of ether oxygens (including phenoxy) is 1. The molecule has 150 valence electrons. The number of aromatic nitrogens is 4. The maximum Gasteiger partial charge on any atom is 0.379 e. The van der Waals surface area contributed by atoms with E-state index in [4.69, 9.17) is 4.74 Å². The molecule has 3 amide bonds. The summed E-state index contributed by atoms with van der Waals surface area (Å²) >= 11 is 0. The van der Waals surface area contributed by atoms with Crippen molar-refractivity contribution in [3.05, 3.63) is 59.2 Å². The monoisotopic (exact) mass is 396 g/mol. The van der Waals surface area contributed by atoms with Crippen LogP contribution in [-0.2, 0) is 9.53 Å². The molecule has 0 aliphatic heterocycles. The fraction of sp³-hybridized carbons (Fsp3) is 0.263. The van der Waals surface area contributed by atoms with Gasteiger partial charge in [-0.3, -0.25) is 10.1 Å². The summed E-state index contributed by atoms with van der Waals surface area (Å²) in [4.78, 5) is 45.2. The molecular formula is C19H20N6O4. The van der Waals surface area contributed by atoms with Crippen molar-refractivity contribution in [2.45, 2.75) is 26.9 Å². The van der Waals surface area contributed by atoms with Crippen LogP contribution in [0.4, 0.5) is 4.79 Å². The molecular weight excluding hydrogens is 376 g/mol. The summed E-state index contributed by atoms with van der Waals surface area (Å²) in [7, 11) is 0. The third-order valence-corrected chi connectivity index (χ3v) is 3.94. The first-order valence-corrected chi connectivity index (χ1v) is 8.94. The van der Waals surface area contributed by atoms with Gasteiger partial charge in [0.2, 0.25) is 6.10 Å². The number of esters is 1. The maximum atomic E-state index is 12.6. The Morgan fingerprint density at radius 2 is 1.86 bits per heavy atom. The van der Waals surface area contributed by atoms with Crippen molar-refractivity contribution in [1.29, 1.82) is 0 Å². The molecule has 0 unspecified atom stereocenters. The van der Waals surface area contributed by atoms with Gasteiger partial charge in [-0.15, -0.1) is 5.10 Å². The topological polar surface area (TPSA) is 128 Å². The lowest BCUT2D eigenvalue weighted by atomic mass is 10.1. The van der Waals surface area contributed by atoms with E-state index in [2.05, 4.69) is 25.7 Å². The van der Waals surface area contributed by atoms with E-state index in [9.17, 15) is 14.4 Å². The molecule has 29 heavy (non-hydrogen) atoms. The lowest BCUT2D eigenvalue weighted by Gasteiger charge is -2.16. The van der Waals surface area contributed by atoms with Gasteiger partial charge in [0.15, 0.2) is 0 Å². The number of carbonyl (C=O) groups excluding carboxylic acids is 3. The van der Waals surface area contributed by atoms with Gasteiger partial charge in [0.05, 0.1) is 0 Å². The molecule has 2 heterocycles. The molecule has 1 atom stereocenters. The van der Waals surface area contributed by atoms with E-state index in [1.54, 1.807) is 57.2 Å². The van der Waals surface area contributed by atoms with E-state index in [-0.39, 0.29) is 11.6 Å². The summed E-state index contributed by atoms with van der Waals surface area (Å²) in [5.41, 5.74) is 1.87. The molecule has 10 heteroatoms. The number of fused-ring (bicyclic) bond motifs is 1. The molecule has 3 rings (SSSR count). The zero-order valence-corrected chi connectivity index (χ0v) is 16.2. The smallest absolute Gasteiger partial charge is 0.379 e. The van der Waals surface area contributed by atoms with Crippen molar-refractivity contribution in [3.63, 3.8) is 0 Å². The van der Waals surface area contributed by atoms with Crippen LogP contribution < -0.4 is 10.6 Å². The van der Waals surface area contributed by atoms with Gasteiger partial charge in [-0.2, -0.15) is 4.98 Å². The Morgan fingerprint density at radius 1 is 1.14 bits per heavy atom. The van der Waals surface area contributed by atoms with Gasteiger partial charge in [0.1, 0.15) is 0 Å². The molecule has 1 aromatic carbocycles. The maximum absolute atomic E-state index is 12.6. The Kier molecular flexibility index (Phi) is 5.82. The van der Waals surface area contributed by atoms with E-state index < -0.39 is 24.0 Å². The van der Waals surface area contributed by atoms with Crippen molar-refractivity contribution in [2.24, 2.45) is 0 Å². The van der Waals surface area contributed by atoms with Crippen LogP contribution in [0.2, 0.25) is 0 Å². The summed E-state index contributed by atoms with van der Waals surface area (Å²) in [5, 5.41) is 8.71. The van der Waals surface area contributed by atoms with Crippen LogP contribution in [-0.4, -0.2) is 44.0 Å². The number of aryl methyl sites for hydroxylation is 2. The Hall–Kier alpha value is -3.82. The minimum absolute atomic E-state index is 0.238. The Labute approximate surface area is 166 Å². The number of nitrogens with one attached hydrogen (secondary N) is 2. The summed E-state index contributed by atoms with van der Waals surface area (Å²) in [6.45, 7) is 5.66. The van der Waals surface area contributed by atoms with Crippen molar-refractivity contribution >= 4 is 23.7 Å². The van der Waals surface area contributed by atoms with Crippen LogP contribution in [0.1, 0.15) is 40.6 Å². The Morgan fingerprint density at radius 3 is 2.55 bits per heavy atom. The number of rotatable bonds is 5. The molecule has 0 aliphatic rings. The second-order valence-electron chi connectivity index (χ2n) is 6.23. The minimum Gasteiger partial charge on any atom is -0.441 e. The standard InChI is InChI=1S/C19H20N6O4/c1-4-20-19(28)23-16(26)14(13-8-6-5-7-9-13)29-17(27)15-22-18-21-11(2)10-12(3)25(18)24-15/h5-10,14H,4H2,1-3H3,(H2,20,23,26,28)/t14-/m1/s1. The second kappa shape index (κ2) is 8.46. The van der Waals surface area contributed by atoms with Crippen LogP contribution in [0, 0.1) is 13.8 Å². The summed E-state index contributed by atoms with van der Waals surface area (Å²) in [6, 6.07) is 9.47. The van der Waals surface area contributed by atoms with Gasteiger partial charge in [-0.25, -0.2) is 19.1 Å². The van der Waals surface area contributed by atoms with Gasteiger partial charge in [-0.1, -0.05) is 30.3 Å². The van der Waals surface area contributed by atoms with Crippen LogP contribution in [0.15, 0.2) is 36.4 Å². The highest BCUT2D eigenvalue weighted by atomic mass is 16.5. The van der Waals surface area contributed by atoms with Gasteiger partial charge in [0, 0.05) is 23.5 Å². The first-order valence-electron chi connectivity index (χ1n) is 8.94. The molecule has 0 aliphatic carbocycles. The summed E-state index contributed by atoms with van der Waals surface area (Å²) in [6.07, 6.45) is -1.35. The molecule has 0 saturated carbocycles. The average Bonchev–Trinajstić information content (AvgIpc) is 3.11. The molecule has 10 nitrogen and oxygen atoms in total. The van der Waals surface area contributed by atoms with Gasteiger partial charge in [-0.05, 0) is 26.8 Å². The number of nitrogens with zero attached hydrogens (tertiary/aromatic N) is 4. The number of benzene rings is 1. The van der Waals surface area contributed by atoms with Crippen molar-refractivity contribution < 1.29 is 19.1 Å². The van der Waals surface area contributed by atoms with Crippen LogP contribution in [0.25, 0.3) is 5.78 Å². The fourth-order valence-corrected chi connectivity index (χ4v) is 2.70. The van der Waals surface area contributed by atoms with Gasteiger partial charge < -0.3 is 10.1 Å². The highest BCUT2D eigenvalue weighted by molar-refractivity contribution is 5.98. The second-order valence-corrected chi connectivity index (χ2v) is 6.23. The van der Waals surface area contributed by atoms with Crippen LogP contribution >= 0.6 is 0 Å². The molecule has 0 radical (unpaired) electrons. The van der Waals surface area contributed by atoms with Crippen LogP contribution in [0.5, 0.6) is 0 Å². The number of hydrogen-bond acceptors (Lipinski definition) is 7. The third-order valence-electron chi connectivity index (χ3n) is 3.94. The van der Waals surface area contributed by atoms with E-state index in [0.717, 1.165) is 11.4 Å². The number of imide groups is 1. The highest BCUT2D eigenvalue weighted by Gasteiger charge is 2.29. The lowest BCUT2D eigenvalue weighted by molar-refractivity contribution is -0.129. The zero-order chi connectivity index (χ0) is 21.0. The fourth-order valence-electron chi connectivity index (χ4n) is 2.70. The van der Waals surface area contributed by atoms with Crippen molar-refractivity contribution in [3.8, 4) is 0 Å². The zero-order valence-electron chi connectivity index (χ0n) is 16.2. The normalized spacial score (nSPS) is 11.7. The molecule has 0 spiro atoms. The predicted molar refractivity (Wildman–Crippen MR) is 102 cm³/mol. The number of carbonyl (C=O) groups is 3. The van der Waals surface area contributed by atoms with Crippen molar-refractivity contribution in [1.82, 2.24) is 30.2 Å². The first kappa shape index (κ1) is 19.9. The number of hydrogen-bond donors (Lipinski definition) is 2. The molecule has 0 fully saturated rings. The highest BCUT2D eigenvalue weighted by Crippen LogP contribution is 2.19.